The summed E-state index contributed by atoms with van der Waals surface area (Å²) in [4.78, 5) is 12.5. The second kappa shape index (κ2) is 6.61. The number of carbonyl (C=O) groups excluding carboxylic acids is 1. The highest BCUT2D eigenvalue weighted by Gasteiger charge is 2.36. The summed E-state index contributed by atoms with van der Waals surface area (Å²) in [7, 11) is 1.78. The van der Waals surface area contributed by atoms with E-state index in [0.29, 0.717) is 10.1 Å². The molecule has 0 bridgehead atoms. The molecule has 6 heteroatoms. The van der Waals surface area contributed by atoms with E-state index in [-0.39, 0.29) is 17.7 Å². The quantitative estimate of drug-likeness (QED) is 0.836. The lowest BCUT2D eigenvalue weighted by Gasteiger charge is -2.16. The van der Waals surface area contributed by atoms with Gasteiger partial charge < -0.3 is 5.32 Å². The molecule has 0 fully saturated rings. The number of nitrogens with one attached hydrogen (secondary N) is 1. The average Bonchev–Trinajstić information content (AvgIpc) is 3.10. The number of fused-ring (bicyclic) bond motifs is 1. The Morgan fingerprint density at radius 2 is 2.12 bits per heavy atom. The molecule has 126 valence electrons. The highest BCUT2D eigenvalue weighted by molar-refractivity contribution is 6.56. The number of carbonyl (C=O) groups is 1. The highest BCUT2D eigenvalue weighted by Crippen LogP contribution is 2.52. The first kappa shape index (κ1) is 17.1. The van der Waals surface area contributed by atoms with Crippen molar-refractivity contribution in [3.05, 3.63) is 57.3 Å². The first-order valence-electron chi connectivity index (χ1n) is 7.91. The molecular weight excluding hydrogens is 345 g/mol. The van der Waals surface area contributed by atoms with Gasteiger partial charge in [-0.15, -0.1) is 0 Å². The van der Waals surface area contributed by atoms with E-state index in [1.807, 2.05) is 12.1 Å². The molecule has 1 amide bonds. The second-order valence-electron chi connectivity index (χ2n) is 6.06. The number of aryl methyl sites for hydroxylation is 1. The van der Waals surface area contributed by atoms with Gasteiger partial charge in [-0.2, -0.15) is 5.10 Å². The van der Waals surface area contributed by atoms with Crippen LogP contribution >= 0.6 is 23.2 Å². The Bertz CT molecular complexity index is 821. The van der Waals surface area contributed by atoms with E-state index in [2.05, 4.69) is 30.3 Å². The molecule has 1 heterocycles. The zero-order valence-corrected chi connectivity index (χ0v) is 15.3. The van der Waals surface area contributed by atoms with Gasteiger partial charge in [-0.3, -0.25) is 9.48 Å². The van der Waals surface area contributed by atoms with Crippen LogP contribution in [0.5, 0.6) is 0 Å². The third-order valence-electron chi connectivity index (χ3n) is 4.64. The molecule has 1 aliphatic carbocycles. The second-order valence-corrected chi connectivity index (χ2v) is 7.01. The number of hydrogen-bond donors (Lipinski definition) is 1. The van der Waals surface area contributed by atoms with Crippen molar-refractivity contribution in [1.29, 1.82) is 0 Å². The lowest BCUT2D eigenvalue weighted by molar-refractivity contribution is 0.102. The van der Waals surface area contributed by atoms with Crippen molar-refractivity contribution in [2.24, 2.45) is 7.05 Å². The topological polar surface area (TPSA) is 46.9 Å². The molecule has 2 aromatic rings. The van der Waals surface area contributed by atoms with Crippen LogP contribution in [0.25, 0.3) is 0 Å². The predicted octanol–water partition coefficient (Wildman–Crippen LogP) is 4.97. The zero-order valence-electron chi connectivity index (χ0n) is 13.8. The Kier molecular flexibility index (Phi) is 4.70. The van der Waals surface area contributed by atoms with Gasteiger partial charge in [-0.1, -0.05) is 49.2 Å². The highest BCUT2D eigenvalue weighted by atomic mass is 35.5. The monoisotopic (exact) mass is 363 g/mol. The molecule has 0 spiro atoms. The molecule has 0 radical (unpaired) electrons. The van der Waals surface area contributed by atoms with E-state index in [0.717, 1.165) is 23.2 Å². The molecule has 24 heavy (non-hydrogen) atoms. The van der Waals surface area contributed by atoms with Gasteiger partial charge in [0.15, 0.2) is 0 Å². The number of benzene rings is 1. The molecule has 3 rings (SSSR count). The summed E-state index contributed by atoms with van der Waals surface area (Å²) in [5.74, 6) is 0.0870. The number of hydrogen-bond acceptors (Lipinski definition) is 2. The lowest BCUT2D eigenvalue weighted by atomic mass is 9.93. The van der Waals surface area contributed by atoms with Crippen LogP contribution in [0.15, 0.2) is 40.7 Å². The summed E-state index contributed by atoms with van der Waals surface area (Å²) in [5.41, 5.74) is 4.64. The molecule has 1 aromatic carbocycles. The normalized spacial score (nSPS) is 19.3. The smallest absolute Gasteiger partial charge is 0.258 e. The van der Waals surface area contributed by atoms with Crippen LogP contribution < -0.4 is 5.32 Å². The van der Waals surface area contributed by atoms with Crippen molar-refractivity contribution >= 4 is 34.8 Å². The SMILES string of the molecule is CCC1C(=C(Cl)Cl)C(C)c2cccc(NC(=O)c3cnn(C)c3)c21. The van der Waals surface area contributed by atoms with E-state index in [4.69, 9.17) is 23.2 Å². The summed E-state index contributed by atoms with van der Waals surface area (Å²) < 4.78 is 1.94. The maximum atomic E-state index is 12.5. The van der Waals surface area contributed by atoms with Gasteiger partial charge in [0.2, 0.25) is 0 Å². The molecule has 1 aromatic heterocycles. The summed E-state index contributed by atoms with van der Waals surface area (Å²) in [6, 6.07) is 5.95. The summed E-state index contributed by atoms with van der Waals surface area (Å²) in [6.45, 7) is 4.20. The lowest BCUT2D eigenvalue weighted by Crippen LogP contribution is -2.13. The number of allylic oxidation sites excluding steroid dienone is 1. The van der Waals surface area contributed by atoms with Crippen molar-refractivity contribution in [1.82, 2.24) is 9.78 Å². The predicted molar refractivity (Wildman–Crippen MR) is 97.8 cm³/mol. The molecule has 1 aliphatic rings. The average molecular weight is 364 g/mol. The molecule has 0 saturated heterocycles. The number of amides is 1. The summed E-state index contributed by atoms with van der Waals surface area (Å²) in [6.07, 6.45) is 4.12. The van der Waals surface area contributed by atoms with Crippen LogP contribution in [0.4, 0.5) is 5.69 Å². The molecule has 2 unspecified atom stereocenters. The van der Waals surface area contributed by atoms with Crippen LogP contribution in [0, 0.1) is 0 Å². The van der Waals surface area contributed by atoms with Gasteiger partial charge in [-0.05, 0) is 29.2 Å². The molecule has 0 saturated carbocycles. The number of rotatable bonds is 3. The summed E-state index contributed by atoms with van der Waals surface area (Å²) in [5, 5.41) is 7.06. The molecule has 0 aliphatic heterocycles. The van der Waals surface area contributed by atoms with Crippen molar-refractivity contribution in [3.8, 4) is 0 Å². The molecule has 2 atom stereocenters. The Morgan fingerprint density at radius 3 is 2.71 bits per heavy atom. The minimum absolute atomic E-state index is 0.116. The van der Waals surface area contributed by atoms with E-state index in [1.54, 1.807) is 24.1 Å². The third-order valence-corrected chi connectivity index (χ3v) is 5.07. The Morgan fingerprint density at radius 1 is 1.38 bits per heavy atom. The maximum Gasteiger partial charge on any atom is 0.258 e. The first-order chi connectivity index (χ1) is 11.4. The van der Waals surface area contributed by atoms with Crippen LogP contribution in [0.3, 0.4) is 0 Å². The molecular formula is C18H19Cl2N3O. The van der Waals surface area contributed by atoms with Crippen LogP contribution in [0.2, 0.25) is 0 Å². The third kappa shape index (κ3) is 2.85. The minimum atomic E-state index is -0.173. The van der Waals surface area contributed by atoms with Crippen molar-refractivity contribution in [2.75, 3.05) is 5.32 Å². The van der Waals surface area contributed by atoms with Crippen LogP contribution in [-0.2, 0) is 7.05 Å². The van der Waals surface area contributed by atoms with Gasteiger partial charge in [0, 0.05) is 30.8 Å². The van der Waals surface area contributed by atoms with Gasteiger partial charge >= 0.3 is 0 Å². The number of anilines is 1. The number of nitrogens with zero attached hydrogens (tertiary/aromatic N) is 2. The van der Waals surface area contributed by atoms with E-state index < -0.39 is 0 Å². The fourth-order valence-corrected chi connectivity index (χ4v) is 4.13. The van der Waals surface area contributed by atoms with Crippen LogP contribution in [0.1, 0.15) is 53.6 Å². The number of halogens is 2. The van der Waals surface area contributed by atoms with E-state index in [1.165, 1.54) is 5.56 Å². The minimum Gasteiger partial charge on any atom is -0.322 e. The Labute approximate surface area is 151 Å². The van der Waals surface area contributed by atoms with Crippen molar-refractivity contribution in [2.45, 2.75) is 32.1 Å². The van der Waals surface area contributed by atoms with Gasteiger partial charge in [0.05, 0.1) is 11.8 Å². The summed E-state index contributed by atoms with van der Waals surface area (Å²) >= 11 is 12.3. The fraction of sp³-hybridized carbons (Fsp3) is 0.333. The largest absolute Gasteiger partial charge is 0.322 e. The van der Waals surface area contributed by atoms with Gasteiger partial charge in [-0.25, -0.2) is 0 Å². The van der Waals surface area contributed by atoms with Crippen molar-refractivity contribution in [3.63, 3.8) is 0 Å². The fourth-order valence-electron chi connectivity index (χ4n) is 3.54. The maximum absolute atomic E-state index is 12.5. The number of aromatic nitrogens is 2. The Hall–Kier alpha value is -1.78. The molecule has 4 nitrogen and oxygen atoms in total. The van der Waals surface area contributed by atoms with Gasteiger partial charge in [0.25, 0.3) is 5.91 Å². The van der Waals surface area contributed by atoms with E-state index >= 15 is 0 Å². The standard InChI is InChI=1S/C18H19Cl2N3O/c1-4-12-15(17(19)20)10(2)13-6-5-7-14(16(12)13)22-18(24)11-8-21-23(3)9-11/h5-10,12H,4H2,1-3H3,(H,22,24). The Balaban J connectivity index is 2.01. The zero-order chi connectivity index (χ0) is 17.4. The first-order valence-corrected chi connectivity index (χ1v) is 8.67. The van der Waals surface area contributed by atoms with E-state index in [9.17, 15) is 4.79 Å². The van der Waals surface area contributed by atoms with Gasteiger partial charge in [0.1, 0.15) is 4.49 Å². The molecule has 1 N–H and O–H groups in total. The van der Waals surface area contributed by atoms with Crippen LogP contribution in [-0.4, -0.2) is 15.7 Å². The van der Waals surface area contributed by atoms with Crippen molar-refractivity contribution < 1.29 is 4.79 Å².